The molecule has 22 nitrogen and oxygen atoms in total. The Morgan fingerprint density at radius 3 is 1.36 bits per heavy atom. The molecule has 3 amide bonds. The summed E-state index contributed by atoms with van der Waals surface area (Å²) >= 11 is 0. The number of carboxylic acid groups (broad SMARTS) is 5. The number of carboxylic acids is 5. The maximum absolute atomic E-state index is 13.2. The number of hydrogen-bond donors (Lipinski definition) is 9. The molecule has 0 bridgehead atoms. The molecule has 1 fully saturated rings. The second-order valence-electron chi connectivity index (χ2n) is 16.5. The fourth-order valence-electron chi connectivity index (χ4n) is 7.00. The van der Waals surface area contributed by atoms with E-state index in [0.717, 1.165) is 11.1 Å². The molecular formula is C42H66N8O14. The van der Waals surface area contributed by atoms with Gasteiger partial charge in [-0.1, -0.05) is 52.0 Å². The monoisotopic (exact) mass is 906 g/mol. The van der Waals surface area contributed by atoms with E-state index < -0.39 is 72.5 Å². The van der Waals surface area contributed by atoms with Gasteiger partial charge >= 0.3 is 29.8 Å². The largest absolute Gasteiger partial charge is 0.480 e. The summed E-state index contributed by atoms with van der Waals surface area (Å²) < 4.78 is 0. The Balaban J connectivity index is 1.97. The zero-order valence-corrected chi connectivity index (χ0v) is 37.1. The summed E-state index contributed by atoms with van der Waals surface area (Å²) in [5.74, 6) is -8.34. The minimum Gasteiger partial charge on any atom is -0.480 e. The third kappa shape index (κ3) is 22.7. The minimum absolute atomic E-state index is 0.0915. The average molecular weight is 907 g/mol. The third-order valence-corrected chi connectivity index (χ3v) is 10.3. The van der Waals surface area contributed by atoms with E-state index in [0.29, 0.717) is 6.42 Å². The summed E-state index contributed by atoms with van der Waals surface area (Å²) in [7, 11) is 0. The summed E-state index contributed by atoms with van der Waals surface area (Å²) in [6.45, 7) is 7.46. The topological polar surface area (TPSA) is 316 Å². The molecule has 1 saturated heterocycles. The van der Waals surface area contributed by atoms with Crippen LogP contribution in [-0.2, 0) is 56.1 Å². The van der Waals surface area contributed by atoms with Gasteiger partial charge in [-0.3, -0.25) is 53.2 Å². The van der Waals surface area contributed by atoms with E-state index in [1.165, 1.54) is 0 Å². The standard InChI is InChI=1S/C42H66N8O14/c1-27(2)40(60)33(44-28(3)4)21-29-6-5-7-30(20-29)22-43-34(51)10-8-31(41(61)62)45-35(52)11-9-32(42(63)64)46-36(53)23-47-12-14-48(24-37(54)55)16-18-50(26-39(58)59)19-17-49(15-13-47)25-38(56)57/h5-7,20,27-28,31-33,44H,8-19,21-26H2,1-4H3,(H,43,51)(H,45,52)(H,46,53)(H,54,55)(H,56,57)(H,58,59)(H,61,62)(H,63,64). The number of ketones is 1. The van der Waals surface area contributed by atoms with Gasteiger partial charge in [0.05, 0.1) is 32.2 Å². The van der Waals surface area contributed by atoms with Crippen molar-refractivity contribution in [3.63, 3.8) is 0 Å². The summed E-state index contributed by atoms with van der Waals surface area (Å²) in [5, 5.41) is 58.6. The van der Waals surface area contributed by atoms with E-state index in [9.17, 15) is 68.7 Å². The van der Waals surface area contributed by atoms with Crippen LogP contribution < -0.4 is 21.3 Å². The molecule has 0 spiro atoms. The average Bonchev–Trinajstić information content (AvgIpc) is 3.19. The minimum atomic E-state index is -1.56. The fraction of sp³-hybridized carbons (Fsp3) is 0.643. The van der Waals surface area contributed by atoms with Crippen molar-refractivity contribution in [3.8, 4) is 0 Å². The number of benzene rings is 1. The summed E-state index contributed by atoms with van der Waals surface area (Å²) in [4.78, 5) is 117. The number of rotatable bonds is 26. The van der Waals surface area contributed by atoms with E-state index in [1.54, 1.807) is 19.6 Å². The molecule has 64 heavy (non-hydrogen) atoms. The van der Waals surface area contributed by atoms with Gasteiger partial charge in [0.2, 0.25) is 17.7 Å². The highest BCUT2D eigenvalue weighted by Gasteiger charge is 2.27. The first-order chi connectivity index (χ1) is 30.1. The Kier molecular flexibility index (Phi) is 24.1. The molecule has 358 valence electrons. The Labute approximate surface area is 372 Å². The van der Waals surface area contributed by atoms with Crippen LogP contribution in [-0.4, -0.2) is 201 Å². The molecule has 1 heterocycles. The molecule has 1 aromatic carbocycles. The first-order valence-electron chi connectivity index (χ1n) is 21.3. The van der Waals surface area contributed by atoms with Crippen molar-refractivity contribution in [2.24, 2.45) is 5.92 Å². The quantitative estimate of drug-likeness (QED) is 0.0517. The number of hydrogen-bond acceptors (Lipinski definition) is 14. The van der Waals surface area contributed by atoms with Gasteiger partial charge < -0.3 is 46.8 Å². The van der Waals surface area contributed by atoms with Gasteiger partial charge in [0, 0.05) is 83.7 Å². The molecule has 0 radical (unpaired) electrons. The number of amides is 3. The molecule has 9 N–H and O–H groups in total. The molecule has 0 saturated carbocycles. The number of nitrogens with zero attached hydrogens (tertiary/aromatic N) is 4. The lowest BCUT2D eigenvalue weighted by atomic mass is 9.94. The first-order valence-corrected chi connectivity index (χ1v) is 21.3. The summed E-state index contributed by atoms with van der Waals surface area (Å²) in [5.41, 5.74) is 1.67. The van der Waals surface area contributed by atoms with Crippen molar-refractivity contribution < 1.29 is 68.7 Å². The highest BCUT2D eigenvalue weighted by molar-refractivity contribution is 5.87. The third-order valence-electron chi connectivity index (χ3n) is 10.3. The highest BCUT2D eigenvalue weighted by Crippen LogP contribution is 2.13. The van der Waals surface area contributed by atoms with Crippen LogP contribution in [0.15, 0.2) is 24.3 Å². The predicted molar refractivity (Wildman–Crippen MR) is 230 cm³/mol. The predicted octanol–water partition coefficient (Wildman–Crippen LogP) is -1.39. The van der Waals surface area contributed by atoms with Crippen LogP contribution in [0.25, 0.3) is 0 Å². The van der Waals surface area contributed by atoms with Crippen LogP contribution in [0.4, 0.5) is 0 Å². The van der Waals surface area contributed by atoms with E-state index >= 15 is 0 Å². The molecule has 3 atom stereocenters. The zero-order valence-electron chi connectivity index (χ0n) is 37.1. The highest BCUT2D eigenvalue weighted by atomic mass is 16.4. The van der Waals surface area contributed by atoms with E-state index in [2.05, 4.69) is 21.3 Å². The number of carbonyl (C=O) groups excluding carboxylic acids is 4. The van der Waals surface area contributed by atoms with E-state index in [-0.39, 0.29) is 122 Å². The molecule has 22 heteroatoms. The fourth-order valence-corrected chi connectivity index (χ4v) is 7.00. The van der Waals surface area contributed by atoms with Crippen LogP contribution in [0.2, 0.25) is 0 Å². The Morgan fingerprint density at radius 1 is 0.547 bits per heavy atom. The lowest BCUT2D eigenvalue weighted by Crippen LogP contribution is -2.51. The van der Waals surface area contributed by atoms with Gasteiger partial charge in [0.25, 0.3) is 0 Å². The Morgan fingerprint density at radius 2 is 0.953 bits per heavy atom. The van der Waals surface area contributed by atoms with Crippen LogP contribution in [0.1, 0.15) is 64.5 Å². The lowest BCUT2D eigenvalue weighted by molar-refractivity contribution is -0.143. The maximum Gasteiger partial charge on any atom is 0.326 e. The molecule has 3 unspecified atom stereocenters. The first kappa shape index (κ1) is 54.6. The molecule has 1 aromatic rings. The lowest BCUT2D eigenvalue weighted by Gasteiger charge is -2.33. The van der Waals surface area contributed by atoms with Crippen molar-refractivity contribution in [3.05, 3.63) is 35.4 Å². The SMILES string of the molecule is CC(C)NC(Cc1cccc(CNC(=O)CCC(NC(=O)CCC(NC(=O)CN2CCN(CC(=O)O)CCN(CC(=O)O)CCN(CC(=O)O)CC2)C(=O)O)C(=O)O)c1)C(=O)C(C)C. The normalized spacial score (nSPS) is 16.4. The van der Waals surface area contributed by atoms with Crippen LogP contribution in [0.3, 0.4) is 0 Å². The van der Waals surface area contributed by atoms with Gasteiger partial charge in [-0.2, -0.15) is 0 Å². The summed E-state index contributed by atoms with van der Waals surface area (Å²) in [6, 6.07) is 4.09. The number of carbonyl (C=O) groups is 9. The molecule has 0 aliphatic carbocycles. The van der Waals surface area contributed by atoms with Gasteiger partial charge in [-0.25, -0.2) is 9.59 Å². The zero-order chi connectivity index (χ0) is 47.9. The smallest absolute Gasteiger partial charge is 0.326 e. The van der Waals surface area contributed by atoms with Gasteiger partial charge in [-0.15, -0.1) is 0 Å². The Bertz CT molecular complexity index is 1730. The van der Waals surface area contributed by atoms with Crippen molar-refractivity contribution in [1.82, 2.24) is 40.9 Å². The molecular weight excluding hydrogens is 841 g/mol. The van der Waals surface area contributed by atoms with E-state index in [4.69, 9.17) is 0 Å². The van der Waals surface area contributed by atoms with Gasteiger partial charge in [0.15, 0.2) is 5.78 Å². The van der Waals surface area contributed by atoms with Crippen molar-refractivity contribution in [2.45, 2.75) is 90.5 Å². The number of aliphatic carboxylic acids is 5. The second kappa shape index (κ2) is 28.3. The molecule has 0 aromatic heterocycles. The van der Waals surface area contributed by atoms with Crippen molar-refractivity contribution in [1.29, 1.82) is 0 Å². The maximum atomic E-state index is 13.2. The van der Waals surface area contributed by atoms with Crippen LogP contribution >= 0.6 is 0 Å². The van der Waals surface area contributed by atoms with E-state index in [1.807, 2.05) is 52.0 Å². The van der Waals surface area contributed by atoms with Gasteiger partial charge in [0.1, 0.15) is 12.1 Å². The summed E-state index contributed by atoms with van der Waals surface area (Å²) in [6.07, 6.45) is -0.963. The second-order valence-corrected chi connectivity index (χ2v) is 16.5. The molecule has 1 aliphatic heterocycles. The number of nitrogens with one attached hydrogen (secondary N) is 4. The molecule has 1 aliphatic rings. The van der Waals surface area contributed by atoms with Crippen LogP contribution in [0, 0.1) is 5.92 Å². The van der Waals surface area contributed by atoms with Crippen molar-refractivity contribution >= 4 is 53.4 Å². The molecule has 2 rings (SSSR count). The van der Waals surface area contributed by atoms with Crippen molar-refractivity contribution in [2.75, 3.05) is 78.5 Å². The Hall–Kier alpha value is -5.55. The van der Waals surface area contributed by atoms with Crippen LogP contribution in [0.5, 0.6) is 0 Å². The number of Topliss-reactive ketones (excluding diaryl/α,β-unsaturated/α-hetero) is 1. The van der Waals surface area contributed by atoms with Gasteiger partial charge in [-0.05, 0) is 30.4 Å².